The van der Waals surface area contributed by atoms with E-state index in [1.165, 1.54) is 0 Å². The Labute approximate surface area is 204 Å². The average molecular weight is 469 g/mol. The number of rotatable bonds is 3. The fourth-order valence-corrected chi connectivity index (χ4v) is 5.12. The molecule has 0 radical (unpaired) electrons. The summed E-state index contributed by atoms with van der Waals surface area (Å²) in [6.45, 7) is 2.02. The number of nitrogens with zero attached hydrogens (tertiary/aromatic N) is 1. The molecule has 1 unspecified atom stereocenters. The average Bonchev–Trinajstić information content (AvgIpc) is 2.84. The quantitative estimate of drug-likeness (QED) is 0.399. The molecule has 3 aromatic carbocycles. The number of hydrogen-bond acceptors (Lipinski definition) is 3. The SMILES string of the molecule is Cc1ccc(C2C3=C(CCCC3=O)N(c3cccc(Cl)c3)C(=N)/C2=C(/O)c2ccccc2)cc1. The first kappa shape index (κ1) is 22.2. The van der Waals surface area contributed by atoms with Crippen molar-refractivity contribution in [3.05, 3.63) is 117 Å². The third-order valence-corrected chi connectivity index (χ3v) is 6.77. The number of aliphatic hydroxyl groups excluding tert-OH is 1. The summed E-state index contributed by atoms with van der Waals surface area (Å²) in [4.78, 5) is 15.2. The first-order valence-electron chi connectivity index (χ1n) is 11.4. The predicted octanol–water partition coefficient (Wildman–Crippen LogP) is 7.21. The number of benzene rings is 3. The zero-order chi connectivity index (χ0) is 23.8. The fraction of sp³-hybridized carbons (Fsp3) is 0.172. The van der Waals surface area contributed by atoms with Crippen molar-refractivity contribution in [2.45, 2.75) is 32.1 Å². The van der Waals surface area contributed by atoms with E-state index in [1.54, 1.807) is 17.0 Å². The zero-order valence-electron chi connectivity index (χ0n) is 18.9. The van der Waals surface area contributed by atoms with Crippen molar-refractivity contribution < 1.29 is 9.90 Å². The van der Waals surface area contributed by atoms with Crippen LogP contribution in [0.3, 0.4) is 0 Å². The molecule has 1 aliphatic carbocycles. The number of hydrogen-bond donors (Lipinski definition) is 2. The molecule has 0 aromatic heterocycles. The fourth-order valence-electron chi connectivity index (χ4n) is 4.94. The van der Waals surface area contributed by atoms with Crippen LogP contribution >= 0.6 is 11.6 Å². The zero-order valence-corrected chi connectivity index (χ0v) is 19.6. The number of allylic oxidation sites excluding steroid dienone is 2. The molecule has 3 aromatic rings. The van der Waals surface area contributed by atoms with Crippen molar-refractivity contribution in [1.82, 2.24) is 0 Å². The topological polar surface area (TPSA) is 64.4 Å². The highest BCUT2D eigenvalue weighted by Gasteiger charge is 2.43. The van der Waals surface area contributed by atoms with Gasteiger partial charge in [0.25, 0.3) is 0 Å². The van der Waals surface area contributed by atoms with E-state index in [1.807, 2.05) is 73.7 Å². The summed E-state index contributed by atoms with van der Waals surface area (Å²) < 4.78 is 0. The number of carbonyl (C=O) groups is 1. The maximum atomic E-state index is 13.4. The molecule has 0 bridgehead atoms. The standard InChI is InChI=1S/C29H25ClN2O2/c1-18-13-15-19(16-14-18)25-26-23(11-6-12-24(26)33)32(22-10-5-9-21(30)17-22)29(31)27(25)28(34)20-7-3-2-4-8-20/h2-5,7-10,13-17,25,31,34H,6,11-12H2,1H3/b28-27+,31-29?. The second kappa shape index (κ2) is 8.96. The minimum absolute atomic E-state index is 0.00752. The molecule has 0 saturated heterocycles. The van der Waals surface area contributed by atoms with Gasteiger partial charge in [-0.3, -0.25) is 15.1 Å². The number of amidine groups is 1. The normalized spacial score (nSPS) is 19.8. The van der Waals surface area contributed by atoms with Crippen LogP contribution in [-0.4, -0.2) is 16.7 Å². The predicted molar refractivity (Wildman–Crippen MR) is 137 cm³/mol. The number of aliphatic hydroxyl groups is 1. The van der Waals surface area contributed by atoms with Crippen LogP contribution < -0.4 is 4.90 Å². The number of ketones is 1. The minimum Gasteiger partial charge on any atom is -0.507 e. The van der Waals surface area contributed by atoms with Crippen molar-refractivity contribution in [1.29, 1.82) is 5.41 Å². The van der Waals surface area contributed by atoms with Crippen LogP contribution in [0.2, 0.25) is 5.02 Å². The highest BCUT2D eigenvalue weighted by Crippen LogP contribution is 2.48. The Kier molecular flexibility index (Phi) is 5.84. The molecule has 34 heavy (non-hydrogen) atoms. The Balaban J connectivity index is 1.83. The summed E-state index contributed by atoms with van der Waals surface area (Å²) in [5, 5.41) is 21.4. The van der Waals surface area contributed by atoms with Gasteiger partial charge in [0.05, 0.1) is 0 Å². The van der Waals surface area contributed by atoms with Crippen LogP contribution in [-0.2, 0) is 4.79 Å². The molecular weight excluding hydrogens is 444 g/mol. The number of anilines is 1. The van der Waals surface area contributed by atoms with Gasteiger partial charge in [0.1, 0.15) is 11.6 Å². The van der Waals surface area contributed by atoms with E-state index in [-0.39, 0.29) is 17.4 Å². The van der Waals surface area contributed by atoms with Gasteiger partial charge in [-0.05, 0) is 43.5 Å². The Morgan fingerprint density at radius 3 is 2.44 bits per heavy atom. The van der Waals surface area contributed by atoms with Gasteiger partial charge in [0, 0.05) is 45.5 Å². The maximum absolute atomic E-state index is 13.4. The molecule has 2 aliphatic rings. The molecule has 2 N–H and O–H groups in total. The molecule has 170 valence electrons. The van der Waals surface area contributed by atoms with E-state index in [0.717, 1.165) is 23.2 Å². The highest BCUT2D eigenvalue weighted by atomic mass is 35.5. The van der Waals surface area contributed by atoms with Gasteiger partial charge in [-0.15, -0.1) is 0 Å². The lowest BCUT2D eigenvalue weighted by atomic mass is 9.73. The molecule has 5 heteroatoms. The van der Waals surface area contributed by atoms with Crippen molar-refractivity contribution >= 4 is 34.7 Å². The van der Waals surface area contributed by atoms with E-state index in [9.17, 15) is 15.3 Å². The van der Waals surface area contributed by atoms with Crippen molar-refractivity contribution in [3.8, 4) is 0 Å². The first-order valence-corrected chi connectivity index (χ1v) is 11.8. The third kappa shape index (κ3) is 3.84. The molecule has 1 heterocycles. The van der Waals surface area contributed by atoms with Crippen LogP contribution in [0.4, 0.5) is 5.69 Å². The summed E-state index contributed by atoms with van der Waals surface area (Å²) in [7, 11) is 0. The minimum atomic E-state index is -0.522. The number of Topliss-reactive ketones (excluding diaryl/α,β-unsaturated/α-hetero) is 1. The Morgan fingerprint density at radius 2 is 1.74 bits per heavy atom. The van der Waals surface area contributed by atoms with Crippen LogP contribution in [0, 0.1) is 12.3 Å². The van der Waals surface area contributed by atoms with Gasteiger partial charge in [-0.2, -0.15) is 0 Å². The van der Waals surface area contributed by atoms with Crippen molar-refractivity contribution in [2.24, 2.45) is 0 Å². The molecule has 1 aliphatic heterocycles. The highest BCUT2D eigenvalue weighted by molar-refractivity contribution is 6.31. The van der Waals surface area contributed by atoms with Gasteiger partial charge >= 0.3 is 0 Å². The lowest BCUT2D eigenvalue weighted by Crippen LogP contribution is -2.42. The van der Waals surface area contributed by atoms with E-state index in [2.05, 4.69) is 0 Å². The summed E-state index contributed by atoms with van der Waals surface area (Å²) in [6.07, 6.45) is 1.86. The van der Waals surface area contributed by atoms with Crippen LogP contribution in [0.25, 0.3) is 5.76 Å². The van der Waals surface area contributed by atoms with Gasteiger partial charge < -0.3 is 5.11 Å². The number of carbonyl (C=O) groups excluding carboxylic acids is 1. The number of nitrogens with one attached hydrogen (secondary N) is 1. The maximum Gasteiger partial charge on any atom is 0.161 e. The molecule has 4 nitrogen and oxygen atoms in total. The van der Waals surface area contributed by atoms with E-state index < -0.39 is 5.92 Å². The van der Waals surface area contributed by atoms with Gasteiger partial charge in [-0.1, -0.05) is 77.8 Å². The van der Waals surface area contributed by atoms with Crippen molar-refractivity contribution in [3.63, 3.8) is 0 Å². The van der Waals surface area contributed by atoms with Crippen LogP contribution in [0.15, 0.2) is 95.7 Å². The van der Waals surface area contributed by atoms with Gasteiger partial charge in [-0.25, -0.2) is 0 Å². The number of aryl methyl sites for hydroxylation is 1. The second-order valence-corrected chi connectivity index (χ2v) is 9.21. The monoisotopic (exact) mass is 468 g/mol. The molecular formula is C29H25ClN2O2. The van der Waals surface area contributed by atoms with Gasteiger partial charge in [0.15, 0.2) is 5.78 Å². The van der Waals surface area contributed by atoms with Crippen molar-refractivity contribution in [2.75, 3.05) is 4.90 Å². The molecule has 1 atom stereocenters. The molecule has 5 rings (SSSR count). The summed E-state index contributed by atoms with van der Waals surface area (Å²) in [6, 6.07) is 24.5. The van der Waals surface area contributed by atoms with Crippen LogP contribution in [0.1, 0.15) is 41.9 Å². The number of halogens is 1. The molecule has 0 amide bonds. The Hall–Kier alpha value is -3.63. The molecule has 0 spiro atoms. The summed E-state index contributed by atoms with van der Waals surface area (Å²) in [5.41, 5.74) is 5.21. The summed E-state index contributed by atoms with van der Waals surface area (Å²) >= 11 is 6.31. The second-order valence-electron chi connectivity index (χ2n) is 8.77. The summed E-state index contributed by atoms with van der Waals surface area (Å²) in [5.74, 6) is -0.299. The lowest BCUT2D eigenvalue weighted by Gasteiger charge is -2.41. The molecule has 0 fully saturated rings. The van der Waals surface area contributed by atoms with Crippen LogP contribution in [0.5, 0.6) is 0 Å². The largest absolute Gasteiger partial charge is 0.507 e. The van der Waals surface area contributed by atoms with Gasteiger partial charge in [0.2, 0.25) is 0 Å². The van der Waals surface area contributed by atoms with E-state index >= 15 is 0 Å². The Morgan fingerprint density at radius 1 is 1.00 bits per heavy atom. The molecule has 0 saturated carbocycles. The smallest absolute Gasteiger partial charge is 0.161 e. The third-order valence-electron chi connectivity index (χ3n) is 6.53. The lowest BCUT2D eigenvalue weighted by molar-refractivity contribution is -0.116. The Bertz CT molecular complexity index is 1340. The van der Waals surface area contributed by atoms with E-state index in [4.69, 9.17) is 11.6 Å². The first-order chi connectivity index (χ1) is 16.5. The van der Waals surface area contributed by atoms with E-state index in [0.29, 0.717) is 40.3 Å².